The number of carbonyl (C=O) groups is 1. The van der Waals surface area contributed by atoms with E-state index in [0.29, 0.717) is 24.7 Å². The minimum Gasteiger partial charge on any atom is -0.357 e. The zero-order chi connectivity index (χ0) is 18.8. The van der Waals surface area contributed by atoms with Gasteiger partial charge in [-0.2, -0.15) is 0 Å². The van der Waals surface area contributed by atoms with Gasteiger partial charge in [0.1, 0.15) is 5.82 Å². The summed E-state index contributed by atoms with van der Waals surface area (Å²) in [7, 11) is 0. The van der Waals surface area contributed by atoms with Crippen LogP contribution in [0.3, 0.4) is 0 Å². The zero-order valence-corrected chi connectivity index (χ0v) is 18.6. The van der Waals surface area contributed by atoms with Gasteiger partial charge in [-0.15, -0.1) is 24.0 Å². The van der Waals surface area contributed by atoms with Crippen LogP contribution in [-0.4, -0.2) is 37.5 Å². The number of rotatable bonds is 7. The van der Waals surface area contributed by atoms with Crippen molar-refractivity contribution in [2.75, 3.05) is 19.6 Å². The first-order valence-electron chi connectivity index (χ1n) is 9.62. The van der Waals surface area contributed by atoms with Gasteiger partial charge < -0.3 is 16.0 Å². The van der Waals surface area contributed by atoms with Gasteiger partial charge in [0.25, 0.3) is 0 Å². The Labute approximate surface area is 179 Å². The lowest BCUT2D eigenvalue weighted by Gasteiger charge is -2.28. The van der Waals surface area contributed by atoms with Gasteiger partial charge in [0.2, 0.25) is 5.91 Å². The second-order valence-electron chi connectivity index (χ2n) is 7.02. The predicted molar refractivity (Wildman–Crippen MR) is 119 cm³/mol. The van der Waals surface area contributed by atoms with Crippen molar-refractivity contribution in [3.05, 3.63) is 35.6 Å². The van der Waals surface area contributed by atoms with E-state index in [1.165, 1.54) is 37.8 Å². The van der Waals surface area contributed by atoms with Crippen molar-refractivity contribution >= 4 is 35.8 Å². The van der Waals surface area contributed by atoms with Crippen LogP contribution in [-0.2, 0) is 11.2 Å². The van der Waals surface area contributed by atoms with Crippen LogP contribution in [0, 0.1) is 11.7 Å². The highest BCUT2D eigenvalue weighted by molar-refractivity contribution is 14.0. The third kappa shape index (κ3) is 9.39. The van der Waals surface area contributed by atoms with E-state index in [0.717, 1.165) is 18.4 Å². The van der Waals surface area contributed by atoms with E-state index in [1.54, 1.807) is 12.1 Å². The average Bonchev–Trinajstić information content (AvgIpc) is 2.61. The summed E-state index contributed by atoms with van der Waals surface area (Å²) >= 11 is 0. The molecule has 0 heterocycles. The van der Waals surface area contributed by atoms with E-state index >= 15 is 0 Å². The van der Waals surface area contributed by atoms with Gasteiger partial charge in [0.05, 0.1) is 13.0 Å². The Bertz CT molecular complexity index is 603. The number of guanidine groups is 1. The topological polar surface area (TPSA) is 65.5 Å². The minimum absolute atomic E-state index is 0. The fourth-order valence-electron chi connectivity index (χ4n) is 3.18. The Morgan fingerprint density at radius 1 is 1.22 bits per heavy atom. The summed E-state index contributed by atoms with van der Waals surface area (Å²) in [5.74, 6) is 1.19. The lowest BCUT2D eigenvalue weighted by Crippen LogP contribution is -2.45. The molecule has 1 aliphatic rings. The van der Waals surface area contributed by atoms with E-state index in [4.69, 9.17) is 0 Å². The van der Waals surface area contributed by atoms with E-state index in [1.807, 2.05) is 6.92 Å². The lowest BCUT2D eigenvalue weighted by atomic mass is 9.87. The number of halogens is 2. The molecule has 0 spiro atoms. The quantitative estimate of drug-likeness (QED) is 0.238. The van der Waals surface area contributed by atoms with E-state index in [9.17, 15) is 9.18 Å². The Kier molecular flexibility index (Phi) is 11.3. The van der Waals surface area contributed by atoms with Gasteiger partial charge in [-0.1, -0.05) is 19.1 Å². The second-order valence-corrected chi connectivity index (χ2v) is 7.02. The standard InChI is InChI=1S/C20H31FN4O.HI/c1-3-22-20(25-18-9-7-15(2)8-10-18)24-12-11-23-19(26)14-16-5-4-6-17(21)13-16;/h4-6,13,15,18H,3,7-12,14H2,1-2H3,(H,23,26)(H2,22,24,25);1H. The van der Waals surface area contributed by atoms with E-state index < -0.39 is 0 Å². The van der Waals surface area contributed by atoms with Crippen molar-refractivity contribution in [2.24, 2.45) is 10.9 Å². The summed E-state index contributed by atoms with van der Waals surface area (Å²) in [5, 5.41) is 9.59. The predicted octanol–water partition coefficient (Wildman–Crippen LogP) is 3.24. The van der Waals surface area contributed by atoms with Crippen LogP contribution < -0.4 is 16.0 Å². The minimum atomic E-state index is -0.321. The molecule has 0 aromatic heterocycles. The summed E-state index contributed by atoms with van der Waals surface area (Å²) < 4.78 is 13.1. The number of benzene rings is 1. The molecule has 1 saturated carbocycles. The molecule has 3 N–H and O–H groups in total. The fourth-order valence-corrected chi connectivity index (χ4v) is 3.18. The van der Waals surface area contributed by atoms with Gasteiger partial charge in [-0.25, -0.2) is 4.39 Å². The van der Waals surface area contributed by atoms with Crippen LogP contribution in [0.5, 0.6) is 0 Å². The zero-order valence-electron chi connectivity index (χ0n) is 16.3. The van der Waals surface area contributed by atoms with E-state index in [-0.39, 0.29) is 42.1 Å². The van der Waals surface area contributed by atoms with E-state index in [2.05, 4.69) is 27.9 Å². The van der Waals surface area contributed by atoms with Crippen molar-refractivity contribution < 1.29 is 9.18 Å². The Morgan fingerprint density at radius 3 is 2.63 bits per heavy atom. The highest BCUT2D eigenvalue weighted by atomic mass is 127. The molecular weight excluding hydrogens is 458 g/mol. The maximum Gasteiger partial charge on any atom is 0.224 e. The lowest BCUT2D eigenvalue weighted by molar-refractivity contribution is -0.120. The maximum absolute atomic E-state index is 13.1. The third-order valence-electron chi connectivity index (χ3n) is 4.66. The molecule has 5 nitrogen and oxygen atoms in total. The fraction of sp³-hybridized carbons (Fsp3) is 0.600. The number of hydrogen-bond acceptors (Lipinski definition) is 2. The molecule has 0 aliphatic heterocycles. The molecule has 1 aromatic rings. The van der Waals surface area contributed by atoms with Crippen molar-refractivity contribution in [2.45, 2.75) is 52.0 Å². The molecule has 0 radical (unpaired) electrons. The van der Waals surface area contributed by atoms with Crippen LogP contribution >= 0.6 is 24.0 Å². The molecular formula is C20H32FIN4O. The summed E-state index contributed by atoms with van der Waals surface area (Å²) in [6.45, 7) is 6.13. The molecule has 1 aliphatic carbocycles. The molecule has 0 saturated heterocycles. The summed E-state index contributed by atoms with van der Waals surface area (Å²) in [5.41, 5.74) is 0.674. The molecule has 2 rings (SSSR count). The smallest absolute Gasteiger partial charge is 0.224 e. The Morgan fingerprint density at radius 2 is 1.96 bits per heavy atom. The van der Waals surface area contributed by atoms with Crippen molar-refractivity contribution in [3.63, 3.8) is 0 Å². The van der Waals surface area contributed by atoms with Gasteiger partial charge in [0.15, 0.2) is 5.96 Å². The maximum atomic E-state index is 13.1. The highest BCUT2D eigenvalue weighted by Gasteiger charge is 2.18. The molecule has 0 bridgehead atoms. The molecule has 27 heavy (non-hydrogen) atoms. The third-order valence-corrected chi connectivity index (χ3v) is 4.66. The number of carbonyl (C=O) groups excluding carboxylic acids is 1. The van der Waals surface area contributed by atoms with Crippen LogP contribution in [0.15, 0.2) is 29.3 Å². The van der Waals surface area contributed by atoms with Gasteiger partial charge in [0, 0.05) is 19.1 Å². The molecule has 0 atom stereocenters. The largest absolute Gasteiger partial charge is 0.357 e. The Hall–Kier alpha value is -1.38. The SMILES string of the molecule is CCNC(=NCCNC(=O)Cc1cccc(F)c1)NC1CCC(C)CC1.I. The summed E-state index contributed by atoms with van der Waals surface area (Å²) in [6, 6.07) is 6.60. The molecule has 1 aromatic carbocycles. The average molecular weight is 490 g/mol. The highest BCUT2D eigenvalue weighted by Crippen LogP contribution is 2.23. The van der Waals surface area contributed by atoms with Gasteiger partial charge in [-0.3, -0.25) is 9.79 Å². The number of nitrogens with zero attached hydrogens (tertiary/aromatic N) is 1. The molecule has 0 unspecified atom stereocenters. The normalized spacial score (nSPS) is 19.7. The van der Waals surface area contributed by atoms with Crippen molar-refractivity contribution in [3.8, 4) is 0 Å². The number of aliphatic imine (C=N–C) groups is 1. The Balaban J connectivity index is 0.00000364. The number of amides is 1. The molecule has 152 valence electrons. The molecule has 1 fully saturated rings. The van der Waals surface area contributed by atoms with Gasteiger partial charge >= 0.3 is 0 Å². The van der Waals surface area contributed by atoms with Crippen LogP contribution in [0.2, 0.25) is 0 Å². The number of hydrogen-bond donors (Lipinski definition) is 3. The summed E-state index contributed by atoms with van der Waals surface area (Å²) in [6.07, 6.45) is 5.05. The molecule has 1 amide bonds. The van der Waals surface area contributed by atoms with Crippen molar-refractivity contribution in [1.29, 1.82) is 0 Å². The van der Waals surface area contributed by atoms with Crippen LogP contribution in [0.25, 0.3) is 0 Å². The van der Waals surface area contributed by atoms with Crippen molar-refractivity contribution in [1.82, 2.24) is 16.0 Å². The second kappa shape index (κ2) is 12.9. The first-order chi connectivity index (χ1) is 12.6. The first kappa shape index (κ1) is 23.7. The number of nitrogens with one attached hydrogen (secondary N) is 3. The van der Waals surface area contributed by atoms with Crippen LogP contribution in [0.4, 0.5) is 4.39 Å². The first-order valence-corrected chi connectivity index (χ1v) is 9.62. The van der Waals surface area contributed by atoms with Gasteiger partial charge in [-0.05, 0) is 56.2 Å². The molecule has 7 heteroatoms. The van der Waals surface area contributed by atoms with Crippen LogP contribution in [0.1, 0.15) is 45.1 Å². The monoisotopic (exact) mass is 490 g/mol. The summed E-state index contributed by atoms with van der Waals surface area (Å²) in [4.78, 5) is 16.5.